The number of rotatable bonds is 5. The van der Waals surface area contributed by atoms with Gasteiger partial charge in [0.15, 0.2) is 0 Å². The van der Waals surface area contributed by atoms with Crippen LogP contribution in [-0.4, -0.2) is 39.3 Å². The lowest BCUT2D eigenvalue weighted by atomic mass is 9.86. The summed E-state index contributed by atoms with van der Waals surface area (Å²) < 4.78 is 32.5. The molecule has 2 aromatic rings. The van der Waals surface area contributed by atoms with Crippen LogP contribution < -0.4 is 5.32 Å². The number of nitrogens with one attached hydrogen (secondary N) is 1. The topological polar surface area (TPSA) is 68.8 Å². The summed E-state index contributed by atoms with van der Waals surface area (Å²) in [6.07, 6.45) is 3.14. The smallest absolute Gasteiger partial charge is 0.266 e. The molecule has 2 heterocycles. The first kappa shape index (κ1) is 16.0. The Kier molecular flexibility index (Phi) is 4.70. The summed E-state index contributed by atoms with van der Waals surface area (Å²) in [5.41, 5.74) is 1.09. The van der Waals surface area contributed by atoms with Crippen LogP contribution in [0.4, 0.5) is 8.78 Å². The zero-order valence-corrected chi connectivity index (χ0v) is 13.3. The van der Waals surface area contributed by atoms with Crippen molar-refractivity contribution >= 4 is 0 Å². The molecule has 2 aromatic heterocycles. The number of aromatic nitrogens is 4. The zero-order valence-electron chi connectivity index (χ0n) is 13.3. The van der Waals surface area contributed by atoms with Crippen molar-refractivity contribution in [3.8, 4) is 11.6 Å². The van der Waals surface area contributed by atoms with Gasteiger partial charge in [-0.2, -0.15) is 0 Å². The van der Waals surface area contributed by atoms with E-state index in [1.807, 2.05) is 7.05 Å². The van der Waals surface area contributed by atoms with Gasteiger partial charge in [0, 0.05) is 12.0 Å². The van der Waals surface area contributed by atoms with Gasteiger partial charge in [-0.1, -0.05) is 6.42 Å². The first-order valence-electron chi connectivity index (χ1n) is 7.89. The molecule has 0 unspecified atom stereocenters. The van der Waals surface area contributed by atoms with Crippen molar-refractivity contribution in [2.75, 3.05) is 7.05 Å². The van der Waals surface area contributed by atoms with Crippen molar-refractivity contribution in [3.63, 3.8) is 0 Å². The number of hydrogen-bond donors (Lipinski definition) is 1. The normalized spacial score (nSPS) is 22.0. The third-order valence-corrected chi connectivity index (χ3v) is 4.43. The monoisotopic (exact) mass is 325 g/mol. The number of aryl methyl sites for hydroxylation is 1. The molecule has 8 heteroatoms. The molecule has 1 aliphatic carbocycles. The van der Waals surface area contributed by atoms with E-state index in [1.165, 1.54) is 10.9 Å². The molecule has 0 amide bonds. The summed E-state index contributed by atoms with van der Waals surface area (Å²) in [4.78, 5) is 4.08. The molecular formula is C15H21F2N5O. The fourth-order valence-corrected chi connectivity index (χ4v) is 3.22. The van der Waals surface area contributed by atoms with E-state index in [1.54, 1.807) is 6.92 Å². The molecule has 2 atom stereocenters. The Morgan fingerprint density at radius 2 is 2.22 bits per heavy atom. The second-order valence-electron chi connectivity index (χ2n) is 6.02. The second kappa shape index (κ2) is 6.74. The van der Waals surface area contributed by atoms with E-state index < -0.39 is 13.0 Å². The highest BCUT2D eigenvalue weighted by atomic mass is 19.3. The Balaban J connectivity index is 1.83. The van der Waals surface area contributed by atoms with E-state index in [0.29, 0.717) is 23.3 Å². The molecule has 0 aliphatic heterocycles. The summed E-state index contributed by atoms with van der Waals surface area (Å²) in [5.74, 6) is 1.07. The number of nitrogens with zero attached hydrogens (tertiary/aromatic N) is 4. The fraction of sp³-hybridized carbons (Fsp3) is 0.667. The second-order valence-corrected chi connectivity index (χ2v) is 6.02. The molecule has 0 saturated heterocycles. The Morgan fingerprint density at radius 3 is 2.96 bits per heavy atom. The highest BCUT2D eigenvalue weighted by Gasteiger charge is 2.27. The molecule has 0 bridgehead atoms. The van der Waals surface area contributed by atoms with E-state index in [2.05, 4.69) is 20.5 Å². The highest BCUT2D eigenvalue weighted by molar-refractivity contribution is 5.50. The molecule has 3 rings (SSSR count). The van der Waals surface area contributed by atoms with Crippen molar-refractivity contribution in [2.45, 2.75) is 57.5 Å². The Labute approximate surface area is 133 Å². The first-order valence-corrected chi connectivity index (χ1v) is 7.89. The first-order chi connectivity index (χ1) is 11.1. The fourth-order valence-electron chi connectivity index (χ4n) is 3.22. The molecule has 6 nitrogen and oxygen atoms in total. The van der Waals surface area contributed by atoms with E-state index >= 15 is 0 Å². The van der Waals surface area contributed by atoms with Crippen LogP contribution in [0.15, 0.2) is 10.7 Å². The summed E-state index contributed by atoms with van der Waals surface area (Å²) in [6, 6.07) is 0.454. The van der Waals surface area contributed by atoms with Crippen LogP contribution in [0.1, 0.15) is 43.2 Å². The molecule has 126 valence electrons. The van der Waals surface area contributed by atoms with Gasteiger partial charge in [0.05, 0.1) is 18.6 Å². The number of imidazole rings is 1. The van der Waals surface area contributed by atoms with Gasteiger partial charge in [-0.25, -0.2) is 13.8 Å². The number of halogens is 2. The van der Waals surface area contributed by atoms with Gasteiger partial charge >= 0.3 is 0 Å². The van der Waals surface area contributed by atoms with Crippen LogP contribution in [0, 0.1) is 6.92 Å². The molecule has 1 fully saturated rings. The van der Waals surface area contributed by atoms with E-state index in [4.69, 9.17) is 4.42 Å². The standard InChI is InChI=1S/C15H21F2N5O/c1-9-13(22(8-19-9)7-12(16)17)15-21-20-14(23-15)10-4-3-5-11(6-10)18-2/h8,10-12,18H,3-7H2,1-2H3/t10-,11+/m0/s1. The van der Waals surface area contributed by atoms with Crippen molar-refractivity contribution < 1.29 is 13.2 Å². The molecule has 1 N–H and O–H groups in total. The molecule has 1 aliphatic rings. The number of hydrogen-bond acceptors (Lipinski definition) is 5. The lowest BCUT2D eigenvalue weighted by Gasteiger charge is -2.26. The number of alkyl halides is 2. The average molecular weight is 325 g/mol. The molecule has 0 radical (unpaired) electrons. The SMILES string of the molecule is CN[C@@H]1CCC[C@H](c2nnc(-c3c(C)ncn3CC(F)F)o2)C1. The maximum atomic E-state index is 12.7. The minimum atomic E-state index is -2.46. The van der Waals surface area contributed by atoms with Gasteiger partial charge in [-0.3, -0.25) is 0 Å². The Bertz CT molecular complexity index is 654. The Hall–Kier alpha value is -1.83. The molecule has 0 spiro atoms. The van der Waals surface area contributed by atoms with Gasteiger partial charge in [0.1, 0.15) is 5.69 Å². The predicted octanol–water partition coefficient (Wildman–Crippen LogP) is 2.75. The maximum absolute atomic E-state index is 12.7. The summed E-state index contributed by atoms with van der Waals surface area (Å²) in [7, 11) is 1.96. The van der Waals surface area contributed by atoms with Crippen molar-refractivity contribution in [3.05, 3.63) is 17.9 Å². The molecular weight excluding hydrogens is 304 g/mol. The highest BCUT2D eigenvalue weighted by Crippen LogP contribution is 2.33. The van der Waals surface area contributed by atoms with E-state index in [9.17, 15) is 8.78 Å². The summed E-state index contributed by atoms with van der Waals surface area (Å²) >= 11 is 0. The van der Waals surface area contributed by atoms with Crippen molar-refractivity contribution in [2.24, 2.45) is 0 Å². The van der Waals surface area contributed by atoms with Crippen molar-refractivity contribution in [1.29, 1.82) is 0 Å². The average Bonchev–Trinajstić information content (AvgIpc) is 3.14. The minimum absolute atomic E-state index is 0.217. The lowest BCUT2D eigenvalue weighted by Crippen LogP contribution is -2.30. The Morgan fingerprint density at radius 1 is 1.39 bits per heavy atom. The summed E-state index contributed by atoms with van der Waals surface area (Å²) in [5, 5.41) is 11.5. The van der Waals surface area contributed by atoms with Crippen LogP contribution >= 0.6 is 0 Å². The van der Waals surface area contributed by atoms with Crippen LogP contribution in [0.5, 0.6) is 0 Å². The van der Waals surface area contributed by atoms with Crippen molar-refractivity contribution in [1.82, 2.24) is 25.1 Å². The van der Waals surface area contributed by atoms with E-state index in [0.717, 1.165) is 25.7 Å². The van der Waals surface area contributed by atoms with Crippen LogP contribution in [0.2, 0.25) is 0 Å². The van der Waals surface area contributed by atoms with Gasteiger partial charge in [0.2, 0.25) is 5.89 Å². The third-order valence-electron chi connectivity index (χ3n) is 4.43. The van der Waals surface area contributed by atoms with Gasteiger partial charge in [-0.05, 0) is 33.2 Å². The van der Waals surface area contributed by atoms with Crippen LogP contribution in [-0.2, 0) is 6.54 Å². The van der Waals surface area contributed by atoms with Gasteiger partial charge in [0.25, 0.3) is 12.3 Å². The minimum Gasteiger partial charge on any atom is -0.419 e. The molecule has 0 aromatic carbocycles. The largest absolute Gasteiger partial charge is 0.419 e. The maximum Gasteiger partial charge on any atom is 0.266 e. The quantitative estimate of drug-likeness (QED) is 0.915. The zero-order chi connectivity index (χ0) is 16.4. The molecule has 1 saturated carbocycles. The van der Waals surface area contributed by atoms with Crippen LogP contribution in [0.25, 0.3) is 11.6 Å². The molecule has 23 heavy (non-hydrogen) atoms. The van der Waals surface area contributed by atoms with Crippen LogP contribution in [0.3, 0.4) is 0 Å². The third kappa shape index (κ3) is 3.41. The summed E-state index contributed by atoms with van der Waals surface area (Å²) in [6.45, 7) is 1.32. The van der Waals surface area contributed by atoms with E-state index in [-0.39, 0.29) is 11.8 Å². The predicted molar refractivity (Wildman–Crippen MR) is 80.3 cm³/mol. The van der Waals surface area contributed by atoms with Gasteiger partial charge in [-0.15, -0.1) is 10.2 Å². The lowest BCUT2D eigenvalue weighted by molar-refractivity contribution is 0.127. The van der Waals surface area contributed by atoms with Gasteiger partial charge < -0.3 is 14.3 Å².